The van der Waals surface area contributed by atoms with Gasteiger partial charge < -0.3 is 9.30 Å². The van der Waals surface area contributed by atoms with Gasteiger partial charge >= 0.3 is 0 Å². The maximum Gasteiger partial charge on any atom is 0.265 e. The first-order valence-corrected chi connectivity index (χ1v) is 10.5. The highest BCUT2D eigenvalue weighted by molar-refractivity contribution is 7.99. The Morgan fingerprint density at radius 1 is 1.15 bits per heavy atom. The van der Waals surface area contributed by atoms with Crippen LogP contribution in [0.5, 0.6) is 5.75 Å². The summed E-state index contributed by atoms with van der Waals surface area (Å²) in [7, 11) is -2.28. The number of methoxy groups -OCH3 is 1. The monoisotopic (exact) mass is 387 g/mol. The van der Waals surface area contributed by atoms with Crippen LogP contribution in [0.15, 0.2) is 64.8 Å². The summed E-state index contributed by atoms with van der Waals surface area (Å²) in [5, 5.41) is 1.03. The molecule has 0 spiro atoms. The van der Waals surface area contributed by atoms with Crippen molar-refractivity contribution in [3.63, 3.8) is 0 Å². The second kappa shape index (κ2) is 6.69. The Morgan fingerprint density at radius 2 is 1.92 bits per heavy atom. The second-order valence-corrected chi connectivity index (χ2v) is 8.50. The predicted octanol–water partition coefficient (Wildman–Crippen LogP) is 3.47. The van der Waals surface area contributed by atoms with Gasteiger partial charge in [-0.25, -0.2) is 13.4 Å². The average molecular weight is 387 g/mol. The number of aromatic nitrogens is 2. The molecule has 0 aliphatic carbocycles. The minimum Gasteiger partial charge on any atom is -0.495 e. The molecule has 1 aliphatic rings. The van der Waals surface area contributed by atoms with Gasteiger partial charge in [-0.3, -0.25) is 4.72 Å². The lowest BCUT2D eigenvalue weighted by atomic mass is 10.1. The molecule has 4 rings (SSSR count). The number of hydrogen-bond donors (Lipinski definition) is 1. The van der Waals surface area contributed by atoms with Crippen molar-refractivity contribution in [2.45, 2.75) is 16.6 Å². The summed E-state index contributed by atoms with van der Waals surface area (Å²) in [4.78, 5) is 4.71. The summed E-state index contributed by atoms with van der Waals surface area (Å²) in [5.41, 5.74) is 2.33. The van der Waals surface area contributed by atoms with Crippen LogP contribution in [0.25, 0.3) is 11.3 Å². The van der Waals surface area contributed by atoms with Crippen molar-refractivity contribution in [1.82, 2.24) is 9.55 Å². The van der Waals surface area contributed by atoms with Crippen molar-refractivity contribution in [1.29, 1.82) is 0 Å². The number of rotatable bonds is 5. The Kier molecular flexibility index (Phi) is 4.37. The van der Waals surface area contributed by atoms with E-state index in [1.54, 1.807) is 42.1 Å². The summed E-state index contributed by atoms with van der Waals surface area (Å²) in [5.74, 6) is 1.37. The third-order valence-electron chi connectivity index (χ3n) is 4.09. The molecule has 0 fully saturated rings. The number of hydrogen-bond acceptors (Lipinski definition) is 5. The molecule has 3 aromatic rings. The molecule has 8 heteroatoms. The van der Waals surface area contributed by atoms with Crippen LogP contribution >= 0.6 is 11.8 Å². The molecule has 1 aromatic heterocycles. The number of para-hydroxylation sites is 1. The number of imidazole rings is 1. The lowest BCUT2D eigenvalue weighted by Gasteiger charge is -2.11. The summed E-state index contributed by atoms with van der Waals surface area (Å²) in [6.45, 7) is 0.976. The third kappa shape index (κ3) is 3.17. The van der Waals surface area contributed by atoms with Crippen LogP contribution in [0.4, 0.5) is 5.69 Å². The van der Waals surface area contributed by atoms with E-state index in [2.05, 4.69) is 14.3 Å². The number of sulfonamides is 1. The molecule has 0 saturated heterocycles. The molecular formula is C18H17N3O3S2. The molecule has 0 unspecified atom stereocenters. The van der Waals surface area contributed by atoms with E-state index in [0.29, 0.717) is 11.4 Å². The summed E-state index contributed by atoms with van der Waals surface area (Å²) in [6.07, 6.45) is 2.03. The number of fused-ring (bicyclic) bond motifs is 1. The Morgan fingerprint density at radius 3 is 2.65 bits per heavy atom. The molecule has 0 saturated carbocycles. The van der Waals surface area contributed by atoms with E-state index < -0.39 is 10.0 Å². The number of aryl methyl sites for hydroxylation is 1. The topological polar surface area (TPSA) is 73.2 Å². The first-order valence-electron chi connectivity index (χ1n) is 8.03. The molecule has 1 N–H and O–H groups in total. The van der Waals surface area contributed by atoms with E-state index in [-0.39, 0.29) is 4.90 Å². The number of nitrogens with one attached hydrogen (secondary N) is 1. The predicted molar refractivity (Wildman–Crippen MR) is 102 cm³/mol. The second-order valence-electron chi connectivity index (χ2n) is 5.78. The van der Waals surface area contributed by atoms with Crippen LogP contribution in [-0.2, 0) is 16.6 Å². The summed E-state index contributed by atoms with van der Waals surface area (Å²) < 4.78 is 35.1. The zero-order valence-electron chi connectivity index (χ0n) is 14.0. The highest BCUT2D eigenvalue weighted by Crippen LogP contribution is 2.30. The molecule has 2 heterocycles. The zero-order valence-corrected chi connectivity index (χ0v) is 15.7. The van der Waals surface area contributed by atoms with E-state index in [9.17, 15) is 8.42 Å². The van der Waals surface area contributed by atoms with Gasteiger partial charge in [-0.05, 0) is 24.3 Å². The lowest BCUT2D eigenvalue weighted by Crippen LogP contribution is -2.13. The van der Waals surface area contributed by atoms with Crippen LogP contribution in [-0.4, -0.2) is 30.8 Å². The van der Waals surface area contributed by atoms with E-state index in [4.69, 9.17) is 4.74 Å². The van der Waals surface area contributed by atoms with Crippen LogP contribution in [0, 0.1) is 0 Å². The molecular weight excluding hydrogens is 370 g/mol. The van der Waals surface area contributed by atoms with E-state index in [1.165, 1.54) is 13.2 Å². The Balaban J connectivity index is 1.57. The van der Waals surface area contributed by atoms with Gasteiger partial charge in [-0.2, -0.15) is 0 Å². The number of nitrogens with zero attached hydrogens (tertiary/aromatic N) is 2. The normalized spacial score (nSPS) is 13.4. The van der Waals surface area contributed by atoms with Gasteiger partial charge in [-0.1, -0.05) is 36.0 Å². The molecule has 1 aliphatic heterocycles. The van der Waals surface area contributed by atoms with Crippen molar-refractivity contribution < 1.29 is 13.2 Å². The van der Waals surface area contributed by atoms with Gasteiger partial charge in [0.15, 0.2) is 5.16 Å². The molecule has 6 nitrogen and oxygen atoms in total. The van der Waals surface area contributed by atoms with Gasteiger partial charge in [0.2, 0.25) is 0 Å². The molecule has 0 radical (unpaired) electrons. The van der Waals surface area contributed by atoms with E-state index in [1.807, 2.05) is 18.3 Å². The summed E-state index contributed by atoms with van der Waals surface area (Å²) >= 11 is 1.74. The fourth-order valence-electron chi connectivity index (χ4n) is 2.81. The van der Waals surface area contributed by atoms with Crippen molar-refractivity contribution in [3.05, 3.63) is 54.7 Å². The number of anilines is 1. The zero-order chi connectivity index (χ0) is 18.1. The van der Waals surface area contributed by atoms with E-state index >= 15 is 0 Å². The minimum absolute atomic E-state index is 0.106. The molecule has 0 atom stereocenters. The van der Waals surface area contributed by atoms with Crippen LogP contribution in [0.1, 0.15) is 0 Å². The smallest absolute Gasteiger partial charge is 0.265 e. The number of ether oxygens (including phenoxy) is 1. The lowest BCUT2D eigenvalue weighted by molar-refractivity contribution is 0.403. The number of benzene rings is 2. The average Bonchev–Trinajstić information content (AvgIpc) is 3.24. The van der Waals surface area contributed by atoms with Gasteiger partial charge in [0.05, 0.1) is 12.8 Å². The number of thioether (sulfide) groups is 1. The molecule has 2 aromatic carbocycles. The third-order valence-corrected chi connectivity index (χ3v) is 6.49. The first kappa shape index (κ1) is 17.0. The fraction of sp³-hybridized carbons (Fsp3) is 0.167. The highest BCUT2D eigenvalue weighted by Gasteiger charge is 2.19. The summed E-state index contributed by atoms with van der Waals surface area (Å²) in [6, 6.07) is 13.7. The first-order chi connectivity index (χ1) is 12.6. The van der Waals surface area contributed by atoms with Gasteiger partial charge in [0.25, 0.3) is 10.0 Å². The molecule has 0 bridgehead atoms. The Labute approximate surface area is 156 Å². The highest BCUT2D eigenvalue weighted by atomic mass is 32.2. The van der Waals surface area contributed by atoms with Gasteiger partial charge in [0, 0.05) is 29.7 Å². The van der Waals surface area contributed by atoms with Crippen LogP contribution in [0.3, 0.4) is 0 Å². The van der Waals surface area contributed by atoms with Crippen molar-refractivity contribution in [2.75, 3.05) is 17.6 Å². The van der Waals surface area contributed by atoms with Crippen molar-refractivity contribution in [3.8, 4) is 17.0 Å². The molecule has 26 heavy (non-hydrogen) atoms. The Hall–Kier alpha value is -2.45. The quantitative estimate of drug-likeness (QED) is 0.726. The van der Waals surface area contributed by atoms with E-state index in [0.717, 1.165) is 28.7 Å². The largest absolute Gasteiger partial charge is 0.495 e. The van der Waals surface area contributed by atoms with Crippen molar-refractivity contribution in [2.24, 2.45) is 0 Å². The molecule has 134 valence electrons. The van der Waals surface area contributed by atoms with Crippen LogP contribution in [0.2, 0.25) is 0 Å². The maximum absolute atomic E-state index is 12.6. The van der Waals surface area contributed by atoms with Gasteiger partial charge in [0.1, 0.15) is 10.6 Å². The minimum atomic E-state index is -3.73. The van der Waals surface area contributed by atoms with Gasteiger partial charge in [-0.15, -0.1) is 0 Å². The SMILES string of the molecule is COc1ccccc1S(=O)(=O)Nc1ccc(-c2cn3c(n2)SCC3)cc1. The maximum atomic E-state index is 12.6. The molecule has 0 amide bonds. The standard InChI is InChI=1S/C18H17N3O3S2/c1-24-16-4-2-3-5-17(16)26(22,23)20-14-8-6-13(7-9-14)15-12-21-10-11-25-18(21)19-15/h2-9,12,20H,10-11H2,1H3. The van der Waals surface area contributed by atoms with Crippen LogP contribution < -0.4 is 9.46 Å². The van der Waals surface area contributed by atoms with Crippen molar-refractivity contribution >= 4 is 27.5 Å². The fourth-order valence-corrected chi connectivity index (χ4v) is 4.98. The Bertz CT molecular complexity index is 1020.